The van der Waals surface area contributed by atoms with Crippen molar-refractivity contribution in [1.29, 1.82) is 0 Å². The maximum atomic E-state index is 13.3. The number of hydrogen-bond donors (Lipinski definition) is 2. The number of amides is 2. The van der Waals surface area contributed by atoms with Crippen LogP contribution < -0.4 is 25.3 Å². The molecular formula is C26H22N2O5S. The molecule has 172 valence electrons. The van der Waals surface area contributed by atoms with Crippen molar-refractivity contribution in [2.45, 2.75) is 13.3 Å². The third kappa shape index (κ3) is 3.92. The molecule has 5 rings (SSSR count). The Morgan fingerprint density at radius 1 is 1.06 bits per heavy atom. The van der Waals surface area contributed by atoms with E-state index in [0.29, 0.717) is 39.8 Å². The lowest BCUT2D eigenvalue weighted by atomic mass is 10.0. The second-order valence-electron chi connectivity index (χ2n) is 7.94. The number of benzene rings is 3. The van der Waals surface area contributed by atoms with Gasteiger partial charge in [0.05, 0.1) is 18.2 Å². The summed E-state index contributed by atoms with van der Waals surface area (Å²) in [4.78, 5) is 26.5. The number of primary amides is 1. The van der Waals surface area contributed by atoms with Crippen LogP contribution in [0.2, 0.25) is 0 Å². The maximum Gasteiger partial charge on any atom is 0.260 e. The summed E-state index contributed by atoms with van der Waals surface area (Å²) in [5.74, 6) is 0.888. The van der Waals surface area contributed by atoms with E-state index in [2.05, 4.69) is 5.32 Å². The number of carbonyl (C=O) groups is 2. The molecule has 0 atom stereocenters. The van der Waals surface area contributed by atoms with Crippen molar-refractivity contribution in [2.75, 3.05) is 19.2 Å². The van der Waals surface area contributed by atoms with Gasteiger partial charge in [0.2, 0.25) is 6.79 Å². The van der Waals surface area contributed by atoms with E-state index in [1.807, 2.05) is 55.5 Å². The summed E-state index contributed by atoms with van der Waals surface area (Å²) in [6.07, 6.45) is 0.558. The van der Waals surface area contributed by atoms with Gasteiger partial charge >= 0.3 is 0 Å². The molecule has 0 bridgehead atoms. The quantitative estimate of drug-likeness (QED) is 0.415. The van der Waals surface area contributed by atoms with E-state index in [-0.39, 0.29) is 12.7 Å². The fourth-order valence-corrected chi connectivity index (χ4v) is 5.33. The number of fused-ring (bicyclic) bond motifs is 2. The Hall–Kier alpha value is -4.04. The summed E-state index contributed by atoms with van der Waals surface area (Å²) in [5.41, 5.74) is 8.13. The lowest BCUT2D eigenvalue weighted by molar-refractivity contribution is 0.100. The standard InChI is InChI=1S/C26H22N2O5S/c1-14-22(10-15-7-8-19-21(9-15)33-13-32-19)34-26(23(14)24(27)29)28-25(30)18-11-16-5-3-4-6-17(16)12-20(18)31-2/h3-9,11-12H,10,13H2,1-2H3,(H2,27,29)(H,28,30). The Labute approximate surface area is 200 Å². The number of rotatable bonds is 6. The Kier molecular flexibility index (Phi) is 5.59. The van der Waals surface area contributed by atoms with Gasteiger partial charge in [-0.15, -0.1) is 11.3 Å². The third-order valence-electron chi connectivity index (χ3n) is 5.83. The van der Waals surface area contributed by atoms with Gasteiger partial charge in [0.1, 0.15) is 10.8 Å². The van der Waals surface area contributed by atoms with Crippen LogP contribution in [0.1, 0.15) is 36.7 Å². The van der Waals surface area contributed by atoms with E-state index in [4.69, 9.17) is 19.9 Å². The Bertz CT molecular complexity index is 1440. The molecule has 8 heteroatoms. The van der Waals surface area contributed by atoms with Crippen molar-refractivity contribution in [3.05, 3.63) is 81.7 Å². The maximum absolute atomic E-state index is 13.3. The molecule has 0 saturated heterocycles. The first-order chi connectivity index (χ1) is 16.4. The molecule has 1 aromatic heterocycles. The van der Waals surface area contributed by atoms with E-state index in [0.717, 1.165) is 26.8 Å². The highest BCUT2D eigenvalue weighted by Gasteiger charge is 2.23. The van der Waals surface area contributed by atoms with Gasteiger partial charge in [0.25, 0.3) is 11.8 Å². The van der Waals surface area contributed by atoms with Crippen molar-refractivity contribution >= 4 is 38.9 Å². The van der Waals surface area contributed by atoms with Gasteiger partial charge in [-0.05, 0) is 53.1 Å². The van der Waals surface area contributed by atoms with E-state index in [9.17, 15) is 9.59 Å². The van der Waals surface area contributed by atoms with Crippen LogP contribution in [0, 0.1) is 6.92 Å². The van der Waals surface area contributed by atoms with Gasteiger partial charge in [-0.3, -0.25) is 9.59 Å². The largest absolute Gasteiger partial charge is 0.496 e. The molecule has 1 aliphatic rings. The minimum Gasteiger partial charge on any atom is -0.496 e. The van der Waals surface area contributed by atoms with Gasteiger partial charge < -0.3 is 25.3 Å². The summed E-state index contributed by atoms with van der Waals surface area (Å²) in [5, 5.41) is 5.18. The second-order valence-corrected chi connectivity index (χ2v) is 9.04. The predicted octanol–water partition coefficient (Wildman–Crippen LogP) is 4.89. The number of methoxy groups -OCH3 is 1. The van der Waals surface area contributed by atoms with Crippen molar-refractivity contribution in [3.63, 3.8) is 0 Å². The first-order valence-electron chi connectivity index (χ1n) is 10.6. The minimum absolute atomic E-state index is 0.205. The number of anilines is 1. The van der Waals surface area contributed by atoms with Crippen LogP contribution in [0.4, 0.5) is 5.00 Å². The molecule has 0 radical (unpaired) electrons. The smallest absolute Gasteiger partial charge is 0.260 e. The Balaban J connectivity index is 1.47. The summed E-state index contributed by atoms with van der Waals surface area (Å²) in [6, 6.07) is 17.1. The molecule has 3 aromatic carbocycles. The first-order valence-corrected chi connectivity index (χ1v) is 11.4. The molecule has 7 nitrogen and oxygen atoms in total. The van der Waals surface area contributed by atoms with Crippen molar-refractivity contribution in [1.82, 2.24) is 0 Å². The number of thiophene rings is 1. The SMILES string of the molecule is COc1cc2ccccc2cc1C(=O)Nc1sc(Cc2ccc3c(c2)OCO3)c(C)c1C(N)=O. The van der Waals surface area contributed by atoms with E-state index >= 15 is 0 Å². The third-order valence-corrected chi connectivity index (χ3v) is 7.04. The van der Waals surface area contributed by atoms with Gasteiger partial charge in [0.15, 0.2) is 11.5 Å². The fraction of sp³-hybridized carbons (Fsp3) is 0.154. The highest BCUT2D eigenvalue weighted by Crippen LogP contribution is 2.38. The molecule has 0 spiro atoms. The second kappa shape index (κ2) is 8.72. The van der Waals surface area contributed by atoms with Gasteiger partial charge in [-0.2, -0.15) is 0 Å². The topological polar surface area (TPSA) is 99.9 Å². The summed E-state index contributed by atoms with van der Waals surface area (Å²) in [6.45, 7) is 2.04. The van der Waals surface area contributed by atoms with Crippen LogP contribution in [0.15, 0.2) is 54.6 Å². The van der Waals surface area contributed by atoms with Crippen LogP contribution in [0.5, 0.6) is 17.2 Å². The molecule has 3 N–H and O–H groups in total. The summed E-state index contributed by atoms with van der Waals surface area (Å²) < 4.78 is 16.3. The molecule has 0 unspecified atom stereocenters. The predicted molar refractivity (Wildman–Crippen MR) is 131 cm³/mol. The molecule has 2 heterocycles. The number of carbonyl (C=O) groups excluding carboxylic acids is 2. The lowest BCUT2D eigenvalue weighted by Crippen LogP contribution is -2.18. The normalized spacial score (nSPS) is 12.1. The average molecular weight is 475 g/mol. The average Bonchev–Trinajstić information content (AvgIpc) is 3.41. The molecule has 1 aliphatic heterocycles. The van der Waals surface area contributed by atoms with Crippen molar-refractivity contribution < 1.29 is 23.8 Å². The van der Waals surface area contributed by atoms with E-state index < -0.39 is 5.91 Å². The number of nitrogens with one attached hydrogen (secondary N) is 1. The van der Waals surface area contributed by atoms with Crippen molar-refractivity contribution in [2.24, 2.45) is 5.73 Å². The Morgan fingerprint density at radius 2 is 1.79 bits per heavy atom. The molecule has 2 amide bonds. The van der Waals surface area contributed by atoms with Gasteiger partial charge in [-0.25, -0.2) is 0 Å². The first kappa shape index (κ1) is 21.8. The zero-order chi connectivity index (χ0) is 23.8. The molecule has 4 aromatic rings. The molecule has 0 fully saturated rings. The van der Waals surface area contributed by atoms with Crippen LogP contribution in [0.25, 0.3) is 10.8 Å². The van der Waals surface area contributed by atoms with Crippen LogP contribution in [0.3, 0.4) is 0 Å². The molecule has 34 heavy (non-hydrogen) atoms. The number of nitrogens with two attached hydrogens (primary N) is 1. The lowest BCUT2D eigenvalue weighted by Gasteiger charge is -2.11. The van der Waals surface area contributed by atoms with Gasteiger partial charge in [-0.1, -0.05) is 30.3 Å². The number of ether oxygens (including phenoxy) is 3. The zero-order valence-electron chi connectivity index (χ0n) is 18.6. The zero-order valence-corrected chi connectivity index (χ0v) is 19.5. The van der Waals surface area contributed by atoms with E-state index in [1.54, 1.807) is 6.07 Å². The Morgan fingerprint density at radius 3 is 2.53 bits per heavy atom. The number of hydrogen-bond acceptors (Lipinski definition) is 6. The van der Waals surface area contributed by atoms with Crippen LogP contribution >= 0.6 is 11.3 Å². The highest BCUT2D eigenvalue weighted by atomic mass is 32.1. The highest BCUT2D eigenvalue weighted by molar-refractivity contribution is 7.17. The van der Waals surface area contributed by atoms with Crippen LogP contribution in [-0.2, 0) is 6.42 Å². The molecule has 0 aliphatic carbocycles. The minimum atomic E-state index is -0.591. The molecule has 0 saturated carbocycles. The van der Waals surface area contributed by atoms with E-state index in [1.165, 1.54) is 18.4 Å². The monoisotopic (exact) mass is 474 g/mol. The molecular weight excluding hydrogens is 452 g/mol. The van der Waals surface area contributed by atoms with Crippen LogP contribution in [-0.4, -0.2) is 25.7 Å². The summed E-state index contributed by atoms with van der Waals surface area (Å²) in [7, 11) is 1.52. The van der Waals surface area contributed by atoms with Crippen molar-refractivity contribution in [3.8, 4) is 17.2 Å². The summed E-state index contributed by atoms with van der Waals surface area (Å²) >= 11 is 1.34. The van der Waals surface area contributed by atoms with Gasteiger partial charge in [0, 0.05) is 11.3 Å². The fourth-order valence-electron chi connectivity index (χ4n) is 4.09.